The van der Waals surface area contributed by atoms with Crippen molar-refractivity contribution < 1.29 is 28.6 Å². The second-order valence-corrected chi connectivity index (χ2v) is 9.04. The van der Waals surface area contributed by atoms with Crippen LogP contribution in [0.5, 0.6) is 0 Å². The van der Waals surface area contributed by atoms with Crippen LogP contribution in [0.3, 0.4) is 0 Å². The molecule has 1 fully saturated rings. The Morgan fingerprint density at radius 3 is 2.30 bits per heavy atom. The van der Waals surface area contributed by atoms with Crippen LogP contribution in [0.15, 0.2) is 24.3 Å². The molecule has 2 rings (SSSR count). The van der Waals surface area contributed by atoms with Gasteiger partial charge in [0.1, 0.15) is 17.5 Å². The molecule has 1 aliphatic heterocycles. The van der Waals surface area contributed by atoms with Crippen LogP contribution in [0.2, 0.25) is 0 Å². The molecule has 1 heterocycles. The van der Waals surface area contributed by atoms with Gasteiger partial charge in [0.15, 0.2) is 0 Å². The van der Waals surface area contributed by atoms with Crippen LogP contribution >= 0.6 is 0 Å². The van der Waals surface area contributed by atoms with Crippen molar-refractivity contribution in [3.63, 3.8) is 0 Å². The van der Waals surface area contributed by atoms with Gasteiger partial charge in [-0.2, -0.15) is 0 Å². The van der Waals surface area contributed by atoms with Crippen LogP contribution < -0.4 is 5.32 Å². The first-order valence-electron chi connectivity index (χ1n) is 10.2. The molecule has 7 nitrogen and oxygen atoms in total. The smallest absolute Gasteiger partial charge is 0.408 e. The molecule has 0 saturated carbocycles. The average molecular weight is 422 g/mol. The lowest BCUT2D eigenvalue weighted by Crippen LogP contribution is -2.55. The molecule has 1 aromatic carbocycles. The van der Waals surface area contributed by atoms with Crippen molar-refractivity contribution in [1.82, 2.24) is 10.2 Å². The summed E-state index contributed by atoms with van der Waals surface area (Å²) in [5, 5.41) is 12.4. The number of amides is 2. The lowest BCUT2D eigenvalue weighted by atomic mass is 9.80. The van der Waals surface area contributed by atoms with Gasteiger partial charge in [-0.1, -0.05) is 26.0 Å². The van der Waals surface area contributed by atoms with Gasteiger partial charge in [0.25, 0.3) is 0 Å². The largest absolute Gasteiger partial charge is 0.481 e. The highest BCUT2D eigenvalue weighted by atomic mass is 19.1. The number of nitrogens with zero attached hydrogens (tertiary/aromatic N) is 1. The van der Waals surface area contributed by atoms with E-state index in [0.717, 1.165) is 5.56 Å². The molecule has 30 heavy (non-hydrogen) atoms. The number of carbonyl (C=O) groups excluding carboxylic acids is 2. The summed E-state index contributed by atoms with van der Waals surface area (Å²) in [6, 6.07) is 4.98. The average Bonchev–Trinajstić information content (AvgIpc) is 2.64. The number of alkyl carbamates (subject to hydrolysis) is 1. The van der Waals surface area contributed by atoms with Gasteiger partial charge in [-0.15, -0.1) is 0 Å². The minimum absolute atomic E-state index is 0.0232. The van der Waals surface area contributed by atoms with E-state index in [1.54, 1.807) is 46.8 Å². The molecule has 3 atom stereocenters. The van der Waals surface area contributed by atoms with Gasteiger partial charge in [0.2, 0.25) is 5.91 Å². The Hall–Kier alpha value is -2.64. The predicted octanol–water partition coefficient (Wildman–Crippen LogP) is 3.39. The first kappa shape index (κ1) is 23.6. The quantitative estimate of drug-likeness (QED) is 0.758. The van der Waals surface area contributed by atoms with Gasteiger partial charge < -0.3 is 20.1 Å². The van der Waals surface area contributed by atoms with Gasteiger partial charge in [0, 0.05) is 19.0 Å². The molecule has 0 radical (unpaired) electrons. The summed E-state index contributed by atoms with van der Waals surface area (Å²) in [4.78, 5) is 38.7. The van der Waals surface area contributed by atoms with Crippen molar-refractivity contribution in [3.05, 3.63) is 35.6 Å². The maximum Gasteiger partial charge on any atom is 0.408 e. The fourth-order valence-corrected chi connectivity index (χ4v) is 3.66. The number of rotatable bonds is 5. The molecule has 0 spiro atoms. The van der Waals surface area contributed by atoms with Crippen molar-refractivity contribution >= 4 is 18.0 Å². The maximum atomic E-state index is 13.2. The molecule has 0 aliphatic carbocycles. The molecule has 0 aromatic heterocycles. The SMILES string of the molecule is CC(C)[C@H](NC(=O)OC(C)(C)C)C(=O)N1CC[C@H](c2ccc(F)cc2)[C@@H](C(=O)O)C1. The number of carboxylic acid groups (broad SMARTS) is 1. The number of halogens is 1. The molecule has 1 aromatic rings. The zero-order chi connectivity index (χ0) is 22.6. The highest BCUT2D eigenvalue weighted by molar-refractivity contribution is 5.86. The highest BCUT2D eigenvalue weighted by Crippen LogP contribution is 2.34. The van der Waals surface area contributed by atoms with Gasteiger partial charge in [-0.05, 0) is 50.8 Å². The number of carbonyl (C=O) groups is 3. The second-order valence-electron chi connectivity index (χ2n) is 9.04. The van der Waals surface area contributed by atoms with E-state index in [2.05, 4.69) is 5.32 Å². The molecule has 0 bridgehead atoms. The van der Waals surface area contributed by atoms with E-state index in [1.165, 1.54) is 17.0 Å². The van der Waals surface area contributed by atoms with E-state index < -0.39 is 29.6 Å². The highest BCUT2D eigenvalue weighted by Gasteiger charge is 2.39. The second kappa shape index (κ2) is 9.45. The first-order chi connectivity index (χ1) is 13.9. The Morgan fingerprint density at radius 1 is 1.20 bits per heavy atom. The van der Waals surface area contributed by atoms with E-state index >= 15 is 0 Å². The van der Waals surface area contributed by atoms with E-state index in [9.17, 15) is 23.9 Å². The topological polar surface area (TPSA) is 95.9 Å². The standard InChI is InChI=1S/C22H31FN2O5/c1-13(2)18(24-21(29)30-22(3,4)5)19(26)25-11-10-16(17(12-25)20(27)28)14-6-8-15(23)9-7-14/h6-9,13,16-18H,10-12H2,1-5H3,(H,24,29)(H,27,28)/t16-,17+,18+/m1/s1. The summed E-state index contributed by atoms with van der Waals surface area (Å²) in [5.74, 6) is -3.07. The van der Waals surface area contributed by atoms with E-state index in [4.69, 9.17) is 4.74 Å². The number of piperidine rings is 1. The Morgan fingerprint density at radius 2 is 1.80 bits per heavy atom. The predicted molar refractivity (Wildman–Crippen MR) is 109 cm³/mol. The summed E-state index contributed by atoms with van der Waals surface area (Å²) in [6.45, 7) is 9.18. The van der Waals surface area contributed by atoms with Gasteiger partial charge in [0.05, 0.1) is 5.92 Å². The Labute approximate surface area is 176 Å². The molecule has 1 aliphatic rings. The number of benzene rings is 1. The molecule has 8 heteroatoms. The van der Waals surface area contributed by atoms with Crippen molar-refractivity contribution in [2.75, 3.05) is 13.1 Å². The monoisotopic (exact) mass is 422 g/mol. The summed E-state index contributed by atoms with van der Waals surface area (Å²) >= 11 is 0. The summed E-state index contributed by atoms with van der Waals surface area (Å²) in [7, 11) is 0. The minimum Gasteiger partial charge on any atom is -0.481 e. The van der Waals surface area contributed by atoms with E-state index in [-0.39, 0.29) is 30.1 Å². The number of hydrogen-bond donors (Lipinski definition) is 2. The molecule has 2 amide bonds. The van der Waals surface area contributed by atoms with Gasteiger partial charge in [-0.3, -0.25) is 9.59 Å². The summed E-state index contributed by atoms with van der Waals surface area (Å²) in [6.07, 6.45) is -0.253. The molecule has 1 saturated heterocycles. The Kier molecular flexibility index (Phi) is 7.44. The number of carboxylic acids is 1. The van der Waals surface area contributed by atoms with Crippen molar-refractivity contribution in [2.24, 2.45) is 11.8 Å². The summed E-state index contributed by atoms with van der Waals surface area (Å²) < 4.78 is 18.5. The molecule has 166 valence electrons. The third-order valence-corrected chi connectivity index (χ3v) is 5.14. The van der Waals surface area contributed by atoms with E-state index in [0.29, 0.717) is 13.0 Å². The normalized spacial score (nSPS) is 20.6. The maximum absolute atomic E-state index is 13.2. The lowest BCUT2D eigenvalue weighted by Gasteiger charge is -2.39. The molecular formula is C22H31FN2O5. The van der Waals surface area contributed by atoms with Crippen LogP contribution in [-0.4, -0.2) is 52.7 Å². The number of likely N-dealkylation sites (tertiary alicyclic amines) is 1. The first-order valence-corrected chi connectivity index (χ1v) is 10.2. The Bertz CT molecular complexity index is 773. The molecule has 2 N–H and O–H groups in total. The number of ether oxygens (including phenoxy) is 1. The van der Waals surface area contributed by atoms with Crippen LogP contribution in [-0.2, 0) is 14.3 Å². The fourth-order valence-electron chi connectivity index (χ4n) is 3.66. The Balaban J connectivity index is 2.14. The van der Waals surface area contributed by atoms with E-state index in [1.807, 2.05) is 0 Å². The lowest BCUT2D eigenvalue weighted by molar-refractivity contribution is -0.147. The third-order valence-electron chi connectivity index (χ3n) is 5.14. The zero-order valence-electron chi connectivity index (χ0n) is 18.1. The van der Waals surface area contributed by atoms with Crippen molar-refractivity contribution in [2.45, 2.75) is 58.6 Å². The van der Waals surface area contributed by atoms with Crippen molar-refractivity contribution in [3.8, 4) is 0 Å². The number of nitrogens with one attached hydrogen (secondary N) is 1. The van der Waals surface area contributed by atoms with Gasteiger partial charge in [-0.25, -0.2) is 9.18 Å². The van der Waals surface area contributed by atoms with Crippen LogP contribution in [0.1, 0.15) is 52.5 Å². The number of hydrogen-bond acceptors (Lipinski definition) is 4. The molecular weight excluding hydrogens is 391 g/mol. The minimum atomic E-state index is -1.01. The zero-order valence-corrected chi connectivity index (χ0v) is 18.1. The summed E-state index contributed by atoms with van der Waals surface area (Å²) in [5.41, 5.74) is 0.0412. The number of aliphatic carboxylic acids is 1. The van der Waals surface area contributed by atoms with Crippen molar-refractivity contribution in [1.29, 1.82) is 0 Å². The third kappa shape index (κ3) is 6.18. The fraction of sp³-hybridized carbons (Fsp3) is 0.591. The van der Waals surface area contributed by atoms with Crippen LogP contribution in [0.4, 0.5) is 9.18 Å². The van der Waals surface area contributed by atoms with Crippen LogP contribution in [0.25, 0.3) is 0 Å². The molecule has 0 unspecified atom stereocenters. The van der Waals surface area contributed by atoms with Gasteiger partial charge >= 0.3 is 12.1 Å². The van der Waals surface area contributed by atoms with Crippen LogP contribution in [0, 0.1) is 17.7 Å².